The highest BCUT2D eigenvalue weighted by Gasteiger charge is 2.58. The minimum atomic E-state index is -4.64. The van der Waals surface area contributed by atoms with E-state index in [2.05, 4.69) is 0 Å². The summed E-state index contributed by atoms with van der Waals surface area (Å²) in [6.07, 6.45) is -3.91. The molecule has 4 atom stereocenters. The topological polar surface area (TPSA) is 105 Å². The summed E-state index contributed by atoms with van der Waals surface area (Å²) in [5, 5.41) is 0. The average Bonchev–Trinajstić information content (AvgIpc) is 3.66. The van der Waals surface area contributed by atoms with Crippen LogP contribution in [-0.4, -0.2) is 90.8 Å². The highest BCUT2D eigenvalue weighted by atomic mass is 19.4. The highest BCUT2D eigenvalue weighted by Crippen LogP contribution is 2.47. The molecule has 0 unspecified atom stereocenters. The molecule has 3 heterocycles. The number of esters is 1. The zero-order chi connectivity index (χ0) is 37.7. The molecule has 5 rings (SSSR count). The minimum Gasteiger partial charge on any atom is -0.497 e. The molecule has 2 amide bonds. The van der Waals surface area contributed by atoms with Crippen molar-refractivity contribution in [3.05, 3.63) is 59.2 Å². The van der Waals surface area contributed by atoms with Gasteiger partial charge in [0.25, 0.3) is 5.91 Å². The van der Waals surface area contributed by atoms with Crippen LogP contribution in [0.15, 0.2) is 42.5 Å². The summed E-state index contributed by atoms with van der Waals surface area (Å²) in [5.74, 6) is -4.26. The van der Waals surface area contributed by atoms with Crippen molar-refractivity contribution in [2.45, 2.75) is 89.2 Å². The number of amides is 2. The summed E-state index contributed by atoms with van der Waals surface area (Å²) in [4.78, 5) is 45.2. The van der Waals surface area contributed by atoms with Crippen molar-refractivity contribution in [3.63, 3.8) is 0 Å². The standard InChI is InChI=1S/C38H50F4N4O5/c1-35(2,3)46-21-30(23-8-11-26(50-7)12-9-23)37(39,22-46)34(49)45-19-28(29(20-45)32(43)47)27-13-10-25(38(40,41)42)18-31(27)44-16-14-24(15-17-44)33(48)51-36(4,5)6/h8-13,18,24,28-30H,14-17,19-22H2,1-7H3,(H2,43,47)/t28-,29+,30+,37+/m1/s1. The van der Waals surface area contributed by atoms with E-state index >= 15 is 4.39 Å². The van der Waals surface area contributed by atoms with Crippen molar-refractivity contribution in [1.82, 2.24) is 9.80 Å². The minimum absolute atomic E-state index is 0.101. The number of ether oxygens (including phenoxy) is 2. The van der Waals surface area contributed by atoms with E-state index in [0.29, 0.717) is 29.7 Å². The summed E-state index contributed by atoms with van der Waals surface area (Å²) in [6.45, 7) is 11.5. The third-order valence-electron chi connectivity index (χ3n) is 10.5. The molecule has 2 N–H and O–H groups in total. The van der Waals surface area contributed by atoms with E-state index in [9.17, 15) is 27.6 Å². The molecule has 3 fully saturated rings. The molecule has 0 aromatic heterocycles. The maximum Gasteiger partial charge on any atom is 0.416 e. The summed E-state index contributed by atoms with van der Waals surface area (Å²) < 4.78 is 70.5. The number of anilines is 1. The number of hydrogen-bond acceptors (Lipinski definition) is 7. The summed E-state index contributed by atoms with van der Waals surface area (Å²) in [5.41, 5.74) is 2.85. The molecule has 0 aliphatic carbocycles. The third-order valence-corrected chi connectivity index (χ3v) is 10.5. The Bertz CT molecular complexity index is 1610. The lowest BCUT2D eigenvalue weighted by Gasteiger charge is -2.36. The highest BCUT2D eigenvalue weighted by molar-refractivity contribution is 5.89. The Morgan fingerprint density at radius 1 is 0.902 bits per heavy atom. The Hall–Kier alpha value is -3.87. The van der Waals surface area contributed by atoms with Crippen LogP contribution >= 0.6 is 0 Å². The molecule has 2 aromatic carbocycles. The number of nitrogens with two attached hydrogens (primary N) is 1. The van der Waals surface area contributed by atoms with Gasteiger partial charge in [0.15, 0.2) is 0 Å². The van der Waals surface area contributed by atoms with Crippen LogP contribution < -0.4 is 15.4 Å². The molecular weight excluding hydrogens is 668 g/mol. The number of rotatable bonds is 7. The van der Waals surface area contributed by atoms with E-state index < -0.39 is 64.0 Å². The van der Waals surface area contributed by atoms with Crippen LogP contribution in [0.25, 0.3) is 0 Å². The molecule has 0 saturated carbocycles. The lowest BCUT2D eigenvalue weighted by Crippen LogP contribution is -2.51. The van der Waals surface area contributed by atoms with Gasteiger partial charge in [-0.15, -0.1) is 0 Å². The van der Waals surface area contributed by atoms with Gasteiger partial charge in [-0.25, -0.2) is 4.39 Å². The zero-order valence-electron chi connectivity index (χ0n) is 30.5. The van der Waals surface area contributed by atoms with Gasteiger partial charge in [0.1, 0.15) is 11.4 Å². The van der Waals surface area contributed by atoms with Gasteiger partial charge in [0, 0.05) is 62.3 Å². The van der Waals surface area contributed by atoms with Crippen LogP contribution in [0.2, 0.25) is 0 Å². The quantitative estimate of drug-likeness (QED) is 0.281. The molecule has 3 saturated heterocycles. The van der Waals surface area contributed by atoms with E-state index in [0.717, 1.165) is 12.1 Å². The van der Waals surface area contributed by atoms with Gasteiger partial charge in [-0.1, -0.05) is 18.2 Å². The van der Waals surface area contributed by atoms with Gasteiger partial charge < -0.3 is 25.0 Å². The molecule has 3 aliphatic rings. The van der Waals surface area contributed by atoms with E-state index in [1.807, 2.05) is 25.7 Å². The van der Waals surface area contributed by atoms with Crippen LogP contribution in [0.5, 0.6) is 5.75 Å². The molecule has 3 aliphatic heterocycles. The van der Waals surface area contributed by atoms with Crippen LogP contribution in [0.4, 0.5) is 23.2 Å². The maximum atomic E-state index is 17.5. The van der Waals surface area contributed by atoms with E-state index in [4.69, 9.17) is 15.2 Å². The van der Waals surface area contributed by atoms with E-state index in [1.165, 1.54) is 18.1 Å². The molecule has 9 nitrogen and oxygen atoms in total. The SMILES string of the molecule is COc1ccc([C@@H]2CN(C(C)(C)C)C[C@@]2(F)C(=O)N2C[C@H](C(N)=O)[C@@H](c3ccc(C(F)(F)F)cc3N3CCC(C(=O)OC(C)(C)C)CC3)C2)cc1. The van der Waals surface area contributed by atoms with E-state index in [-0.39, 0.29) is 50.9 Å². The molecule has 51 heavy (non-hydrogen) atoms. The second kappa shape index (κ2) is 13.9. The summed E-state index contributed by atoms with van der Waals surface area (Å²) in [6, 6.07) is 10.3. The van der Waals surface area contributed by atoms with Crippen molar-refractivity contribution in [1.29, 1.82) is 0 Å². The van der Waals surface area contributed by atoms with Crippen LogP contribution in [-0.2, 0) is 25.3 Å². The second-order valence-corrected chi connectivity index (χ2v) is 16.1. The summed E-state index contributed by atoms with van der Waals surface area (Å²) in [7, 11) is 1.53. The number of benzene rings is 2. The monoisotopic (exact) mass is 718 g/mol. The van der Waals surface area contributed by atoms with Crippen molar-refractivity contribution >= 4 is 23.5 Å². The van der Waals surface area contributed by atoms with E-state index in [1.54, 1.807) is 49.9 Å². The number of carbonyl (C=O) groups excluding carboxylic acids is 3. The number of alkyl halides is 4. The number of piperidine rings is 1. The average molecular weight is 719 g/mol. The molecule has 13 heteroatoms. The van der Waals surface area contributed by atoms with Crippen LogP contribution in [0.1, 0.15) is 82.9 Å². The van der Waals surface area contributed by atoms with Crippen molar-refractivity contribution in [2.75, 3.05) is 51.3 Å². The Kier molecular flexibility index (Phi) is 10.5. The third kappa shape index (κ3) is 8.13. The van der Waals surface area contributed by atoms with Crippen molar-refractivity contribution in [2.24, 2.45) is 17.6 Å². The van der Waals surface area contributed by atoms with Crippen LogP contribution in [0.3, 0.4) is 0 Å². The fraction of sp³-hybridized carbons (Fsp3) is 0.605. The first-order valence-corrected chi connectivity index (χ1v) is 17.5. The Morgan fingerprint density at radius 3 is 2.06 bits per heavy atom. The predicted octanol–water partition coefficient (Wildman–Crippen LogP) is 5.91. The number of likely N-dealkylation sites (tertiary alicyclic amines) is 2. The zero-order valence-corrected chi connectivity index (χ0v) is 30.5. The number of nitrogens with zero attached hydrogens (tertiary/aromatic N) is 3. The van der Waals surface area contributed by atoms with Gasteiger partial charge in [0.2, 0.25) is 11.6 Å². The number of halogens is 4. The lowest BCUT2D eigenvalue weighted by molar-refractivity contribution is -0.160. The summed E-state index contributed by atoms with van der Waals surface area (Å²) >= 11 is 0. The van der Waals surface area contributed by atoms with Gasteiger partial charge in [-0.2, -0.15) is 13.2 Å². The molecular formula is C38H50F4N4O5. The van der Waals surface area contributed by atoms with Crippen LogP contribution in [0, 0.1) is 11.8 Å². The van der Waals surface area contributed by atoms with Crippen molar-refractivity contribution in [3.8, 4) is 5.75 Å². The molecule has 0 spiro atoms. The number of primary amides is 1. The molecule has 0 bridgehead atoms. The Balaban J connectivity index is 1.46. The normalized spacial score (nSPS) is 25.3. The second-order valence-electron chi connectivity index (χ2n) is 16.1. The predicted molar refractivity (Wildman–Crippen MR) is 185 cm³/mol. The van der Waals surface area contributed by atoms with Gasteiger partial charge in [-0.05, 0) is 89.8 Å². The Labute approximate surface area is 297 Å². The van der Waals surface area contributed by atoms with Gasteiger partial charge in [-0.3, -0.25) is 19.3 Å². The lowest BCUT2D eigenvalue weighted by atomic mass is 9.85. The molecule has 2 aromatic rings. The fourth-order valence-electron chi connectivity index (χ4n) is 7.64. The smallest absolute Gasteiger partial charge is 0.416 e. The first-order chi connectivity index (χ1) is 23.6. The molecule has 280 valence electrons. The number of hydrogen-bond donors (Lipinski definition) is 1. The molecule has 0 radical (unpaired) electrons. The van der Waals surface area contributed by atoms with Gasteiger partial charge >= 0.3 is 12.1 Å². The number of methoxy groups -OCH3 is 1. The Morgan fingerprint density at radius 2 is 1.53 bits per heavy atom. The first kappa shape index (κ1) is 38.4. The van der Waals surface area contributed by atoms with Gasteiger partial charge in [0.05, 0.1) is 24.5 Å². The fourth-order valence-corrected chi connectivity index (χ4v) is 7.64. The number of carbonyl (C=O) groups is 3. The maximum absolute atomic E-state index is 17.5. The first-order valence-electron chi connectivity index (χ1n) is 17.5. The largest absolute Gasteiger partial charge is 0.497 e. The van der Waals surface area contributed by atoms with Crippen molar-refractivity contribution < 1.29 is 41.4 Å².